The Balaban J connectivity index is 1.99. The van der Waals surface area contributed by atoms with Crippen molar-refractivity contribution in [2.45, 2.75) is 4.90 Å². The van der Waals surface area contributed by atoms with Crippen LogP contribution in [-0.4, -0.2) is 13.4 Å². The Bertz CT molecular complexity index is 875. The number of rotatable bonds is 3. The lowest BCUT2D eigenvalue weighted by Crippen LogP contribution is -2.13. The van der Waals surface area contributed by atoms with Gasteiger partial charge in [0, 0.05) is 4.47 Å². The Morgan fingerprint density at radius 3 is 2.75 bits per heavy atom. The third-order valence-electron chi connectivity index (χ3n) is 2.71. The van der Waals surface area contributed by atoms with E-state index in [-0.39, 0.29) is 4.90 Å². The van der Waals surface area contributed by atoms with Crippen molar-refractivity contribution in [2.24, 2.45) is 0 Å². The molecule has 102 valence electrons. The van der Waals surface area contributed by atoms with Crippen molar-refractivity contribution in [3.05, 3.63) is 52.4 Å². The standard InChI is InChI=1S/C13H9BrN2O2S2/c14-10-3-1-2-4-13(10)20(17,18)16-9-5-6-11-12(7-9)19-8-15-11/h1-8,16H. The van der Waals surface area contributed by atoms with E-state index in [4.69, 9.17) is 0 Å². The van der Waals surface area contributed by atoms with E-state index in [1.807, 2.05) is 0 Å². The molecule has 0 radical (unpaired) electrons. The Morgan fingerprint density at radius 1 is 1.15 bits per heavy atom. The molecule has 0 aliphatic heterocycles. The minimum Gasteiger partial charge on any atom is -0.280 e. The van der Waals surface area contributed by atoms with Crippen molar-refractivity contribution >= 4 is 53.2 Å². The first kappa shape index (κ1) is 13.5. The molecule has 0 spiro atoms. The summed E-state index contributed by atoms with van der Waals surface area (Å²) in [4.78, 5) is 4.37. The molecule has 20 heavy (non-hydrogen) atoms. The van der Waals surface area contributed by atoms with Gasteiger partial charge in [-0.3, -0.25) is 4.72 Å². The number of nitrogens with zero attached hydrogens (tertiary/aromatic N) is 1. The molecule has 2 aromatic carbocycles. The maximum atomic E-state index is 12.3. The predicted octanol–water partition coefficient (Wildman–Crippen LogP) is 3.86. The molecule has 0 amide bonds. The van der Waals surface area contributed by atoms with E-state index in [0.29, 0.717) is 10.2 Å². The number of hydrogen-bond acceptors (Lipinski definition) is 4. The SMILES string of the molecule is O=S(=O)(Nc1ccc2ncsc2c1)c1ccccc1Br. The maximum Gasteiger partial charge on any atom is 0.263 e. The minimum atomic E-state index is -3.61. The first-order valence-corrected chi connectivity index (χ1v) is 8.82. The Morgan fingerprint density at radius 2 is 1.95 bits per heavy atom. The molecule has 1 N–H and O–H groups in total. The zero-order chi connectivity index (χ0) is 14.2. The van der Waals surface area contributed by atoms with Gasteiger partial charge in [-0.25, -0.2) is 13.4 Å². The Hall–Kier alpha value is -1.44. The van der Waals surface area contributed by atoms with E-state index in [0.717, 1.165) is 10.2 Å². The van der Waals surface area contributed by atoms with Gasteiger partial charge in [0.05, 0.1) is 21.4 Å². The molecule has 1 heterocycles. The van der Waals surface area contributed by atoms with Crippen LogP contribution in [0.15, 0.2) is 57.3 Å². The molecule has 1 aromatic heterocycles. The fourth-order valence-corrected chi connectivity index (χ4v) is 4.56. The second-order valence-electron chi connectivity index (χ2n) is 4.07. The molecule has 3 rings (SSSR count). The van der Waals surface area contributed by atoms with Crippen LogP contribution in [-0.2, 0) is 10.0 Å². The number of benzene rings is 2. The van der Waals surface area contributed by atoms with Crippen molar-refractivity contribution in [3.8, 4) is 0 Å². The molecule has 4 nitrogen and oxygen atoms in total. The highest BCUT2D eigenvalue weighted by Crippen LogP contribution is 2.26. The average Bonchev–Trinajstić information content (AvgIpc) is 2.86. The zero-order valence-electron chi connectivity index (χ0n) is 10.1. The molecule has 0 saturated carbocycles. The van der Waals surface area contributed by atoms with Crippen LogP contribution in [0.25, 0.3) is 10.2 Å². The van der Waals surface area contributed by atoms with Gasteiger partial charge in [-0.2, -0.15) is 0 Å². The number of hydrogen-bond donors (Lipinski definition) is 1. The summed E-state index contributed by atoms with van der Waals surface area (Å²) in [5.74, 6) is 0. The van der Waals surface area contributed by atoms with Gasteiger partial charge in [-0.05, 0) is 46.3 Å². The normalized spacial score (nSPS) is 11.7. The van der Waals surface area contributed by atoms with Gasteiger partial charge in [0.1, 0.15) is 4.90 Å². The number of nitrogens with one attached hydrogen (secondary N) is 1. The van der Waals surface area contributed by atoms with Gasteiger partial charge >= 0.3 is 0 Å². The molecular weight excluding hydrogens is 360 g/mol. The van der Waals surface area contributed by atoms with Gasteiger partial charge in [0.15, 0.2) is 0 Å². The number of aromatic nitrogens is 1. The highest BCUT2D eigenvalue weighted by atomic mass is 79.9. The van der Waals surface area contributed by atoms with Crippen LogP contribution in [0, 0.1) is 0 Å². The molecule has 0 fully saturated rings. The highest BCUT2D eigenvalue weighted by molar-refractivity contribution is 9.10. The van der Waals surface area contributed by atoms with E-state index < -0.39 is 10.0 Å². The highest BCUT2D eigenvalue weighted by Gasteiger charge is 2.17. The van der Waals surface area contributed by atoms with Gasteiger partial charge in [-0.15, -0.1) is 11.3 Å². The van der Waals surface area contributed by atoms with Crippen molar-refractivity contribution in [1.29, 1.82) is 0 Å². The summed E-state index contributed by atoms with van der Waals surface area (Å²) in [5, 5.41) is 0. The maximum absolute atomic E-state index is 12.3. The summed E-state index contributed by atoms with van der Waals surface area (Å²) in [7, 11) is -3.61. The largest absolute Gasteiger partial charge is 0.280 e. The quantitative estimate of drug-likeness (QED) is 0.763. The number of anilines is 1. The van der Waals surface area contributed by atoms with Gasteiger partial charge < -0.3 is 0 Å². The second-order valence-corrected chi connectivity index (χ2v) is 7.46. The number of thiazole rings is 1. The third kappa shape index (κ3) is 2.56. The summed E-state index contributed by atoms with van der Waals surface area (Å²) in [6, 6.07) is 12.0. The van der Waals surface area contributed by atoms with Crippen molar-refractivity contribution in [1.82, 2.24) is 4.98 Å². The minimum absolute atomic E-state index is 0.212. The molecule has 3 aromatic rings. The smallest absolute Gasteiger partial charge is 0.263 e. The number of halogens is 1. The van der Waals surface area contributed by atoms with Crippen LogP contribution >= 0.6 is 27.3 Å². The van der Waals surface area contributed by atoms with Gasteiger partial charge in [0.25, 0.3) is 10.0 Å². The summed E-state index contributed by atoms with van der Waals surface area (Å²) in [6.07, 6.45) is 0. The van der Waals surface area contributed by atoms with Crippen LogP contribution in [0.2, 0.25) is 0 Å². The van der Waals surface area contributed by atoms with Crippen LogP contribution in [0.3, 0.4) is 0 Å². The average molecular weight is 369 g/mol. The zero-order valence-corrected chi connectivity index (χ0v) is 13.3. The molecule has 0 bridgehead atoms. The Labute approximate surface area is 128 Å². The predicted molar refractivity (Wildman–Crippen MR) is 84.6 cm³/mol. The van der Waals surface area contributed by atoms with Crippen LogP contribution in [0.5, 0.6) is 0 Å². The molecule has 0 saturated heterocycles. The molecule has 0 aliphatic rings. The molecule has 0 atom stereocenters. The van der Waals surface area contributed by atoms with E-state index in [2.05, 4.69) is 25.6 Å². The first-order valence-electron chi connectivity index (χ1n) is 5.67. The third-order valence-corrected chi connectivity index (χ3v) is 5.89. The molecule has 7 heteroatoms. The molecular formula is C13H9BrN2O2S2. The van der Waals surface area contributed by atoms with E-state index in [1.165, 1.54) is 11.3 Å². The summed E-state index contributed by atoms with van der Waals surface area (Å²) in [5.41, 5.74) is 3.12. The van der Waals surface area contributed by atoms with Crippen molar-refractivity contribution in [3.63, 3.8) is 0 Å². The lowest BCUT2D eigenvalue weighted by Gasteiger charge is -2.09. The topological polar surface area (TPSA) is 59.1 Å². The first-order chi connectivity index (χ1) is 9.56. The second kappa shape index (κ2) is 5.16. The summed E-state index contributed by atoms with van der Waals surface area (Å²) < 4.78 is 28.7. The fourth-order valence-electron chi connectivity index (χ4n) is 1.79. The monoisotopic (exact) mass is 368 g/mol. The van der Waals surface area contributed by atoms with E-state index in [9.17, 15) is 8.42 Å². The number of sulfonamides is 1. The van der Waals surface area contributed by atoms with Crippen molar-refractivity contribution < 1.29 is 8.42 Å². The summed E-state index contributed by atoms with van der Waals surface area (Å²) in [6.45, 7) is 0. The fraction of sp³-hybridized carbons (Fsp3) is 0. The number of fused-ring (bicyclic) bond motifs is 1. The molecule has 0 aliphatic carbocycles. The lowest BCUT2D eigenvalue weighted by atomic mass is 10.3. The van der Waals surface area contributed by atoms with E-state index >= 15 is 0 Å². The molecule has 0 unspecified atom stereocenters. The van der Waals surface area contributed by atoms with Crippen molar-refractivity contribution in [2.75, 3.05) is 4.72 Å². The van der Waals surface area contributed by atoms with E-state index in [1.54, 1.807) is 48.0 Å². The van der Waals surface area contributed by atoms with Gasteiger partial charge in [-0.1, -0.05) is 12.1 Å². The van der Waals surface area contributed by atoms with Gasteiger partial charge in [0.2, 0.25) is 0 Å². The van der Waals surface area contributed by atoms with Crippen LogP contribution in [0.1, 0.15) is 0 Å². The lowest BCUT2D eigenvalue weighted by molar-refractivity contribution is 0.601. The van der Waals surface area contributed by atoms with Crippen LogP contribution in [0.4, 0.5) is 5.69 Å². The summed E-state index contributed by atoms with van der Waals surface area (Å²) >= 11 is 4.72. The Kier molecular flexibility index (Phi) is 3.49. The van der Waals surface area contributed by atoms with Crippen LogP contribution < -0.4 is 4.72 Å².